The van der Waals surface area contributed by atoms with Gasteiger partial charge in [0.2, 0.25) is 23.5 Å². The average molecular weight is 1920 g/mol. The summed E-state index contributed by atoms with van der Waals surface area (Å²) in [6, 6.07) is 5.37. The topological polar surface area (TPSA) is 409 Å². The van der Waals surface area contributed by atoms with Crippen LogP contribution in [-0.4, -0.2) is 176 Å². The maximum absolute atomic E-state index is 15.0. The maximum Gasteiger partial charge on any atom is 0.253 e. The minimum atomic E-state index is -3.18. The highest BCUT2D eigenvalue weighted by atomic mass is 32.2. The van der Waals surface area contributed by atoms with Crippen LogP contribution in [0.3, 0.4) is 0 Å². The normalized spacial score (nSPS) is 15.8. The second kappa shape index (κ2) is 46.9. The molecule has 4 amide bonds. The Morgan fingerprint density at radius 2 is 0.721 bits per heavy atom. The van der Waals surface area contributed by atoms with Crippen LogP contribution in [-0.2, 0) is 66.2 Å². The van der Waals surface area contributed by atoms with Gasteiger partial charge in [-0.2, -0.15) is 4.39 Å². The van der Waals surface area contributed by atoms with Gasteiger partial charge in [0.05, 0.1) is 105 Å². The Balaban J connectivity index is 0.000000163. The molecule has 9 N–H and O–H groups in total. The predicted molar refractivity (Wildman–Crippen MR) is 527 cm³/mol. The van der Waals surface area contributed by atoms with E-state index in [9.17, 15) is 69.7 Å². The van der Waals surface area contributed by atoms with Crippen molar-refractivity contribution in [3.8, 4) is 11.5 Å². The number of allylic oxidation sites excluding steroid dienone is 2. The second-order valence-electron chi connectivity index (χ2n) is 39.3. The van der Waals surface area contributed by atoms with Gasteiger partial charge in [-0.1, -0.05) is 109 Å². The molecule has 740 valence electrons. The molecule has 0 aliphatic heterocycles. The van der Waals surface area contributed by atoms with Gasteiger partial charge in [0, 0.05) is 135 Å². The number of nitrogens with zero attached hydrogens (tertiary/aromatic N) is 10. The highest BCUT2D eigenvalue weighted by Crippen LogP contribution is 2.39. The number of hydrogen-bond donors (Lipinski definition) is 9. The molecular weight excluding hydrogens is 1780 g/mol. The van der Waals surface area contributed by atoms with Gasteiger partial charge in [-0.25, -0.2) is 46.1 Å². The first-order chi connectivity index (χ1) is 64.3. The number of hydrogen-bond acceptors (Lipinski definition) is 22. The van der Waals surface area contributed by atoms with E-state index in [4.69, 9.17) is 9.47 Å². The lowest BCUT2D eigenvalue weighted by molar-refractivity contribution is -0.121. The fourth-order valence-electron chi connectivity index (χ4n) is 18.0. The summed E-state index contributed by atoms with van der Waals surface area (Å²) in [5.74, 6) is -0.985. The Kier molecular flexibility index (Phi) is 36.4. The zero-order chi connectivity index (χ0) is 98.7. The number of aryl methyl sites for hydroxylation is 5. The van der Waals surface area contributed by atoms with Gasteiger partial charge >= 0.3 is 0 Å². The van der Waals surface area contributed by atoms with Crippen molar-refractivity contribution in [2.75, 3.05) is 71.9 Å². The van der Waals surface area contributed by atoms with Crippen LogP contribution in [0, 0.1) is 41.2 Å². The van der Waals surface area contributed by atoms with Crippen LogP contribution in [0.15, 0.2) is 105 Å². The van der Waals surface area contributed by atoms with Crippen LogP contribution >= 0.6 is 0 Å². The number of aliphatic hydroxyl groups is 3. The number of anilines is 5. The Hall–Kier alpha value is -11.0. The molecule has 31 nitrogen and oxygen atoms in total. The number of imidazole rings is 5. The van der Waals surface area contributed by atoms with E-state index in [1.54, 1.807) is 83.2 Å². The third-order valence-corrected chi connectivity index (χ3v) is 27.8. The third kappa shape index (κ3) is 30.5. The van der Waals surface area contributed by atoms with Crippen LogP contribution in [0.25, 0.3) is 28.2 Å². The molecule has 10 heterocycles. The fraction of sp³-hybridized carbons (Fsp3) is 0.554. The van der Waals surface area contributed by atoms with Gasteiger partial charge in [0.1, 0.15) is 48.1 Å². The summed E-state index contributed by atoms with van der Waals surface area (Å²) in [6.45, 7) is 21.9. The lowest BCUT2D eigenvalue weighted by atomic mass is 9.87. The van der Waals surface area contributed by atoms with Gasteiger partial charge in [0.15, 0.2) is 34.4 Å². The van der Waals surface area contributed by atoms with Gasteiger partial charge in [-0.15, -0.1) is 0 Å². The van der Waals surface area contributed by atoms with Crippen molar-refractivity contribution in [1.82, 2.24) is 52.2 Å². The van der Waals surface area contributed by atoms with Gasteiger partial charge in [-0.3, -0.25) is 28.8 Å². The number of amides is 4. The summed E-state index contributed by atoms with van der Waals surface area (Å²) in [4.78, 5) is 96.5. The molecule has 5 fully saturated rings. The number of Topliss-reactive ketones (excluding diaryl/α,β-unsaturated/α-hetero) is 2. The molecule has 5 aliphatic rings. The Morgan fingerprint density at radius 1 is 0.404 bits per heavy atom. The SMILES string of the molecule is C=C(Nc1cn2cc(CCC(C)(C)O)nc2cc1OC)C1CCCCC1.C=C(Nc1cn2cc(CCS(C)(=O)=O)nc2c(F)c1OC)C1CCCCC1.CC(=O)c1c(NC(=O)C2CCCCC2)cn2cc(CCS(C)(=O)=O)nc2c1F.CC(=O)c1cc2nc(CCC(C)(C)O)cn2cc1NC(=O)C1CCCCC1.CNC(=O)c1cc2nc(CCC(C)(C)O)cn2cc1NC(=O)C1CCCCC1. The van der Waals surface area contributed by atoms with Crippen molar-refractivity contribution < 1.29 is 79.2 Å². The van der Waals surface area contributed by atoms with E-state index in [1.165, 1.54) is 108 Å². The number of methoxy groups -OCH3 is 2. The number of rotatable bonds is 32. The Bertz CT molecular complexity index is 6160. The quantitative estimate of drug-likeness (QED) is 0.0177. The summed E-state index contributed by atoms with van der Waals surface area (Å²) < 4.78 is 94.8. The number of carbonyl (C=O) groups excluding carboxylic acids is 6. The molecule has 10 aromatic heterocycles. The third-order valence-electron chi connectivity index (χ3n) is 25.9. The summed E-state index contributed by atoms with van der Waals surface area (Å²) in [5, 5.41) is 47.8. The minimum Gasteiger partial charge on any atom is -0.494 e. The maximum atomic E-state index is 15.0. The van der Waals surface area contributed by atoms with Crippen molar-refractivity contribution in [3.63, 3.8) is 0 Å². The van der Waals surface area contributed by atoms with E-state index in [0.717, 1.165) is 155 Å². The molecule has 0 spiro atoms. The molecule has 0 atom stereocenters. The monoisotopic (exact) mass is 1920 g/mol. The molecule has 10 aromatic rings. The van der Waals surface area contributed by atoms with Crippen LogP contribution in [0.5, 0.6) is 11.5 Å². The number of halogens is 2. The lowest BCUT2D eigenvalue weighted by Gasteiger charge is -2.25. The van der Waals surface area contributed by atoms with Crippen LogP contribution in [0.1, 0.15) is 295 Å². The number of ketones is 2. The van der Waals surface area contributed by atoms with Crippen molar-refractivity contribution in [2.24, 2.45) is 29.6 Å². The molecule has 0 saturated heterocycles. The van der Waals surface area contributed by atoms with E-state index >= 15 is 0 Å². The van der Waals surface area contributed by atoms with E-state index in [1.807, 2.05) is 57.9 Å². The van der Waals surface area contributed by atoms with Gasteiger partial charge in [0.25, 0.3) is 5.91 Å². The highest BCUT2D eigenvalue weighted by molar-refractivity contribution is 7.90. The van der Waals surface area contributed by atoms with Crippen molar-refractivity contribution >= 4 is 112 Å². The molecule has 0 unspecified atom stereocenters. The number of ether oxygens (including phenoxy) is 2. The lowest BCUT2D eigenvalue weighted by Crippen LogP contribution is -2.27. The summed E-state index contributed by atoms with van der Waals surface area (Å²) in [5.41, 5.74) is 8.74. The second-order valence-corrected chi connectivity index (χ2v) is 43.8. The molecular formula is C101H140F2N16O15S2. The first-order valence-corrected chi connectivity index (χ1v) is 52.0. The van der Waals surface area contributed by atoms with Crippen LogP contribution < -0.4 is 41.4 Å². The summed E-state index contributed by atoms with van der Waals surface area (Å²) in [6.07, 6.45) is 51.3. The standard InChI is InChI=1S/C21H30N4O3.C21H29N3O3.C21H31N3O2.C19H24FN3O4S.C19H26FN3O3S/c1-21(2,28)10-9-15-12-25-13-17(16(20(27)22-3)11-18(25)23-15)24-19(26)14-7-5-4-6-8-14;1-14(25)17-11-19-22-16(9-10-21(2,3)27)12-24(19)13-18(17)23-20(26)15-7-5-4-6-8-15;1-15(16-8-6-5-7-9-16)22-18-14-24-13-17(10-11-21(2,3)25)23-20(24)12-19(18)26-4;1-12(24)16-15(22-19(25)13-6-4-3-5-7-13)11-23-10-14(8-9-28(2,26)27)21-18(23)17(16)20;1-13(14-7-5-4-6-8-14)21-16-12-23-11-15(9-10-27(3,24)25)22-19(23)17(20)18(16)26-2/h11-14,28H,4-10H2,1-3H3,(H,22,27)(H,24,26);11-13,15,27H,4-10H2,1-3H3,(H,23,26);12-14,16,22,25H,1,5-11H2,2-4H3;10-11,13H,3-9H2,1-2H3,(H,22,25);11-12,14,21H,1,4-10H2,2-3H3. The predicted octanol–water partition coefficient (Wildman–Crippen LogP) is 17.6. The molecule has 136 heavy (non-hydrogen) atoms. The van der Waals surface area contributed by atoms with E-state index in [2.05, 4.69) is 70.0 Å². The number of fused-ring (bicyclic) bond motifs is 5. The molecule has 0 aromatic carbocycles. The largest absolute Gasteiger partial charge is 0.494 e. The Morgan fingerprint density at radius 3 is 1.07 bits per heavy atom. The number of carbonyl (C=O) groups is 6. The number of aromatic nitrogens is 10. The fourth-order valence-corrected chi connectivity index (χ4v) is 19.2. The number of pyridine rings is 5. The minimum absolute atomic E-state index is 0.00100. The van der Waals surface area contributed by atoms with Crippen LogP contribution in [0.4, 0.5) is 37.2 Å². The average Bonchev–Trinajstić information content (AvgIpc) is 1.61. The molecule has 5 aliphatic carbocycles. The molecule has 0 bridgehead atoms. The summed E-state index contributed by atoms with van der Waals surface area (Å²) in [7, 11) is -1.63. The molecule has 15 rings (SSSR count). The molecule has 5 saturated carbocycles. The van der Waals surface area contributed by atoms with Gasteiger partial charge in [-0.05, 0) is 182 Å². The Labute approximate surface area is 797 Å². The highest BCUT2D eigenvalue weighted by Gasteiger charge is 2.31. The smallest absolute Gasteiger partial charge is 0.253 e. The zero-order valence-corrected chi connectivity index (χ0v) is 83.0. The first-order valence-electron chi connectivity index (χ1n) is 47.9. The number of nitrogens with one attached hydrogen (secondary N) is 6. The van der Waals surface area contributed by atoms with Crippen molar-refractivity contribution in [2.45, 2.75) is 284 Å². The first kappa shape index (κ1) is 105. The van der Waals surface area contributed by atoms with E-state index in [0.29, 0.717) is 94.8 Å². The molecule has 35 heteroatoms. The van der Waals surface area contributed by atoms with Crippen molar-refractivity contribution in [1.29, 1.82) is 0 Å². The van der Waals surface area contributed by atoms with Crippen LogP contribution in [0.2, 0.25) is 0 Å². The van der Waals surface area contributed by atoms with E-state index in [-0.39, 0.29) is 99.8 Å². The van der Waals surface area contributed by atoms with E-state index < -0.39 is 53.9 Å². The zero-order valence-electron chi connectivity index (χ0n) is 81.3. The van der Waals surface area contributed by atoms with Crippen molar-refractivity contribution in [3.05, 3.63) is 162 Å². The summed E-state index contributed by atoms with van der Waals surface area (Å²) >= 11 is 0. The number of sulfone groups is 2. The van der Waals surface area contributed by atoms with Gasteiger partial charge < -0.3 is 78.7 Å². The molecule has 0 radical (unpaired) electrons.